The number of piperidine rings is 1. The summed E-state index contributed by atoms with van der Waals surface area (Å²) < 4.78 is 5.23. The Morgan fingerprint density at radius 1 is 1.43 bits per heavy atom. The van der Waals surface area contributed by atoms with Crippen LogP contribution in [0.15, 0.2) is 30.3 Å². The van der Waals surface area contributed by atoms with Crippen LogP contribution in [0.2, 0.25) is 0 Å². The molecule has 5 nitrogen and oxygen atoms in total. The second-order valence-corrected chi connectivity index (χ2v) is 5.86. The molecule has 2 rings (SSSR count). The number of likely N-dealkylation sites (tertiary alicyclic amines) is 1. The van der Waals surface area contributed by atoms with E-state index in [2.05, 4.69) is 10.2 Å². The van der Waals surface area contributed by atoms with Crippen LogP contribution in [0.1, 0.15) is 18.9 Å². The fourth-order valence-corrected chi connectivity index (χ4v) is 2.75. The van der Waals surface area contributed by atoms with Gasteiger partial charge in [-0.05, 0) is 31.9 Å². The van der Waals surface area contributed by atoms with E-state index in [-0.39, 0.29) is 24.7 Å². The van der Waals surface area contributed by atoms with Crippen molar-refractivity contribution in [3.63, 3.8) is 0 Å². The van der Waals surface area contributed by atoms with Gasteiger partial charge in [0.1, 0.15) is 6.61 Å². The second-order valence-electron chi connectivity index (χ2n) is 5.86. The monoisotopic (exact) mass is 292 g/mol. The molecule has 3 unspecified atom stereocenters. The predicted octanol–water partition coefficient (Wildman–Crippen LogP) is 1.61. The first-order valence-electron chi connectivity index (χ1n) is 7.38. The van der Waals surface area contributed by atoms with Crippen LogP contribution in [-0.4, -0.2) is 48.4 Å². The second kappa shape index (κ2) is 7.43. The Labute approximate surface area is 125 Å². The minimum Gasteiger partial charge on any atom is -0.445 e. The molecule has 1 aliphatic rings. The summed E-state index contributed by atoms with van der Waals surface area (Å²) in [5, 5.41) is 12.6. The summed E-state index contributed by atoms with van der Waals surface area (Å²) in [5.74, 6) is 0.183. The largest absolute Gasteiger partial charge is 0.445 e. The van der Waals surface area contributed by atoms with Gasteiger partial charge in [-0.25, -0.2) is 4.79 Å². The zero-order valence-electron chi connectivity index (χ0n) is 12.7. The number of likely N-dealkylation sites (N-methyl/N-ethyl adjacent to an activating group) is 1. The van der Waals surface area contributed by atoms with Crippen molar-refractivity contribution in [2.75, 3.05) is 20.1 Å². The molecule has 1 aromatic carbocycles. The average Bonchev–Trinajstić information content (AvgIpc) is 2.45. The number of hydrogen-bond acceptors (Lipinski definition) is 4. The fourth-order valence-electron chi connectivity index (χ4n) is 2.75. The van der Waals surface area contributed by atoms with Crippen molar-refractivity contribution < 1.29 is 14.6 Å². The molecule has 1 heterocycles. The van der Waals surface area contributed by atoms with Crippen molar-refractivity contribution in [3.05, 3.63) is 35.9 Å². The Kier molecular flexibility index (Phi) is 5.59. The minimum absolute atomic E-state index is 0.0200. The Morgan fingerprint density at radius 2 is 2.14 bits per heavy atom. The third kappa shape index (κ3) is 5.02. The number of nitrogens with one attached hydrogen (secondary N) is 1. The Bertz CT molecular complexity index is 450. The van der Waals surface area contributed by atoms with Gasteiger partial charge in [0.2, 0.25) is 0 Å². The van der Waals surface area contributed by atoms with Gasteiger partial charge in [-0.2, -0.15) is 0 Å². The normalized spacial score (nSPS) is 24.3. The first-order valence-corrected chi connectivity index (χ1v) is 7.38. The Hall–Kier alpha value is -1.59. The van der Waals surface area contributed by atoms with E-state index in [1.165, 1.54) is 0 Å². The maximum Gasteiger partial charge on any atom is 0.407 e. The fraction of sp³-hybridized carbons (Fsp3) is 0.562. The highest BCUT2D eigenvalue weighted by molar-refractivity contribution is 5.67. The Balaban J connectivity index is 1.79. The number of nitrogens with zero attached hydrogens (tertiary/aromatic N) is 1. The molecule has 1 aromatic rings. The van der Waals surface area contributed by atoms with Crippen LogP contribution < -0.4 is 5.32 Å². The molecule has 0 bridgehead atoms. The molecule has 1 aliphatic heterocycles. The van der Waals surface area contributed by atoms with Crippen molar-refractivity contribution in [3.8, 4) is 0 Å². The smallest absolute Gasteiger partial charge is 0.407 e. The highest BCUT2D eigenvalue weighted by Crippen LogP contribution is 2.19. The van der Waals surface area contributed by atoms with Gasteiger partial charge in [0.25, 0.3) is 0 Å². The molecule has 5 heteroatoms. The van der Waals surface area contributed by atoms with Gasteiger partial charge < -0.3 is 20.1 Å². The highest BCUT2D eigenvalue weighted by Gasteiger charge is 2.29. The number of alkyl carbamates (subject to hydrolysis) is 1. The zero-order valence-corrected chi connectivity index (χ0v) is 12.7. The number of benzene rings is 1. The molecule has 21 heavy (non-hydrogen) atoms. The molecule has 1 saturated heterocycles. The lowest BCUT2D eigenvalue weighted by atomic mass is 9.90. The van der Waals surface area contributed by atoms with E-state index in [9.17, 15) is 9.90 Å². The number of aliphatic hydroxyl groups excluding tert-OH is 1. The van der Waals surface area contributed by atoms with Gasteiger partial charge >= 0.3 is 6.09 Å². The number of rotatable bonds is 4. The minimum atomic E-state index is -0.400. The quantitative estimate of drug-likeness (QED) is 0.885. The molecule has 116 valence electrons. The van der Waals surface area contributed by atoms with Gasteiger partial charge in [0.05, 0.1) is 6.10 Å². The molecule has 0 saturated carbocycles. The molecule has 1 fully saturated rings. The third-order valence-electron chi connectivity index (χ3n) is 3.88. The number of carbonyl (C=O) groups excluding carboxylic acids is 1. The molecule has 0 radical (unpaired) electrons. The SMILES string of the molecule is CC(O)C1CC(NC(=O)OCc2ccccc2)CN(C)C1. The lowest BCUT2D eigenvalue weighted by molar-refractivity contribution is 0.0553. The summed E-state index contributed by atoms with van der Waals surface area (Å²) in [6.45, 7) is 3.71. The van der Waals surface area contributed by atoms with Gasteiger partial charge in [-0.1, -0.05) is 30.3 Å². The van der Waals surface area contributed by atoms with Crippen LogP contribution in [0.5, 0.6) is 0 Å². The highest BCUT2D eigenvalue weighted by atomic mass is 16.5. The predicted molar refractivity (Wildman–Crippen MR) is 80.8 cm³/mol. The molecule has 0 aliphatic carbocycles. The topological polar surface area (TPSA) is 61.8 Å². The van der Waals surface area contributed by atoms with Gasteiger partial charge in [0.15, 0.2) is 0 Å². The van der Waals surface area contributed by atoms with E-state index >= 15 is 0 Å². The van der Waals surface area contributed by atoms with Crippen molar-refractivity contribution in [2.24, 2.45) is 5.92 Å². The number of carbonyl (C=O) groups is 1. The van der Waals surface area contributed by atoms with E-state index in [0.717, 1.165) is 25.1 Å². The summed E-state index contributed by atoms with van der Waals surface area (Å²) in [6.07, 6.45) is 0.0171. The third-order valence-corrected chi connectivity index (χ3v) is 3.88. The summed E-state index contributed by atoms with van der Waals surface area (Å²) in [7, 11) is 2.00. The lowest BCUT2D eigenvalue weighted by Gasteiger charge is -2.37. The zero-order chi connectivity index (χ0) is 15.2. The van der Waals surface area contributed by atoms with Crippen LogP contribution in [0.4, 0.5) is 4.79 Å². The Morgan fingerprint density at radius 3 is 2.81 bits per heavy atom. The molecule has 3 atom stereocenters. The van der Waals surface area contributed by atoms with Gasteiger partial charge in [-0.3, -0.25) is 0 Å². The summed E-state index contributed by atoms with van der Waals surface area (Å²) in [6, 6.07) is 9.62. The van der Waals surface area contributed by atoms with E-state index in [0.29, 0.717) is 0 Å². The van der Waals surface area contributed by atoms with Crippen molar-refractivity contribution in [1.82, 2.24) is 10.2 Å². The van der Waals surface area contributed by atoms with E-state index < -0.39 is 6.09 Å². The molecular formula is C16H24N2O3. The molecule has 0 aromatic heterocycles. The standard InChI is InChI=1S/C16H24N2O3/c1-12(19)14-8-15(10-18(2)9-14)17-16(20)21-11-13-6-4-3-5-7-13/h3-7,12,14-15,19H,8-11H2,1-2H3,(H,17,20). The van der Waals surface area contributed by atoms with Gasteiger partial charge in [-0.15, -0.1) is 0 Å². The number of amides is 1. The van der Waals surface area contributed by atoms with Crippen LogP contribution in [-0.2, 0) is 11.3 Å². The van der Waals surface area contributed by atoms with E-state index in [4.69, 9.17) is 4.74 Å². The summed E-state index contributed by atoms with van der Waals surface area (Å²) >= 11 is 0. The van der Waals surface area contributed by atoms with Gasteiger partial charge in [0, 0.05) is 19.1 Å². The van der Waals surface area contributed by atoms with Crippen molar-refractivity contribution >= 4 is 6.09 Å². The molecule has 0 spiro atoms. The maximum absolute atomic E-state index is 11.9. The lowest BCUT2D eigenvalue weighted by Crippen LogP contribution is -2.51. The summed E-state index contributed by atoms with van der Waals surface area (Å²) in [5.41, 5.74) is 0.968. The molecule has 2 N–H and O–H groups in total. The number of aliphatic hydroxyl groups is 1. The summed E-state index contributed by atoms with van der Waals surface area (Å²) in [4.78, 5) is 14.0. The first kappa shape index (κ1) is 15.8. The first-order chi connectivity index (χ1) is 10.0. The number of hydrogen-bond donors (Lipinski definition) is 2. The van der Waals surface area contributed by atoms with Crippen molar-refractivity contribution in [1.29, 1.82) is 0 Å². The van der Waals surface area contributed by atoms with Crippen LogP contribution in [0.3, 0.4) is 0 Å². The molecule has 1 amide bonds. The number of ether oxygens (including phenoxy) is 1. The van der Waals surface area contributed by atoms with Crippen LogP contribution in [0, 0.1) is 5.92 Å². The van der Waals surface area contributed by atoms with Crippen molar-refractivity contribution in [2.45, 2.75) is 32.1 Å². The average molecular weight is 292 g/mol. The van der Waals surface area contributed by atoms with E-state index in [1.807, 2.05) is 37.4 Å². The van der Waals surface area contributed by atoms with Crippen LogP contribution >= 0.6 is 0 Å². The maximum atomic E-state index is 11.9. The molecular weight excluding hydrogens is 268 g/mol. The van der Waals surface area contributed by atoms with Crippen LogP contribution in [0.25, 0.3) is 0 Å². The van der Waals surface area contributed by atoms with E-state index in [1.54, 1.807) is 6.92 Å².